The second kappa shape index (κ2) is 7.66. The zero-order chi connectivity index (χ0) is 18.7. The fourth-order valence-corrected chi connectivity index (χ4v) is 3.46. The van der Waals surface area contributed by atoms with Crippen molar-refractivity contribution in [3.63, 3.8) is 0 Å². The van der Waals surface area contributed by atoms with E-state index in [1.54, 1.807) is 41.7 Å². The summed E-state index contributed by atoms with van der Waals surface area (Å²) in [5, 5.41) is 3.12. The molecule has 3 rings (SSSR count). The van der Waals surface area contributed by atoms with E-state index in [2.05, 4.69) is 23.8 Å². The zero-order valence-corrected chi connectivity index (χ0v) is 16.0. The Kier molecular flexibility index (Phi) is 5.32. The fraction of sp³-hybridized carbons (Fsp3) is 0.250. The third-order valence-electron chi connectivity index (χ3n) is 4.11. The Morgan fingerprint density at radius 3 is 2.58 bits per heavy atom. The van der Waals surface area contributed by atoms with Crippen LogP contribution in [0.5, 0.6) is 0 Å². The number of pyridine rings is 1. The number of hydrogen-bond acceptors (Lipinski definition) is 5. The first kappa shape index (κ1) is 18.1. The summed E-state index contributed by atoms with van der Waals surface area (Å²) >= 11 is 1.64. The smallest absolute Gasteiger partial charge is 0.253 e. The molecule has 0 spiro atoms. The van der Waals surface area contributed by atoms with Crippen molar-refractivity contribution in [2.45, 2.75) is 26.3 Å². The number of rotatable bonds is 5. The first-order valence-electron chi connectivity index (χ1n) is 8.45. The Morgan fingerprint density at radius 1 is 1.23 bits per heavy atom. The number of benzene rings is 1. The van der Waals surface area contributed by atoms with Crippen LogP contribution in [-0.2, 0) is 6.54 Å². The lowest BCUT2D eigenvalue weighted by atomic mass is 10.0. The molecule has 3 aromatic rings. The molecule has 0 bridgehead atoms. The number of anilines is 1. The van der Waals surface area contributed by atoms with Gasteiger partial charge in [0, 0.05) is 47.6 Å². The van der Waals surface area contributed by atoms with Gasteiger partial charge in [-0.05, 0) is 23.8 Å². The van der Waals surface area contributed by atoms with Gasteiger partial charge in [0.2, 0.25) is 0 Å². The molecule has 0 fully saturated rings. The number of carbonyl (C=O) groups excluding carboxylic acids is 1. The van der Waals surface area contributed by atoms with Crippen LogP contribution in [0, 0.1) is 0 Å². The summed E-state index contributed by atoms with van der Waals surface area (Å²) in [6.45, 7) is 4.74. The van der Waals surface area contributed by atoms with Gasteiger partial charge < -0.3 is 10.6 Å². The fourth-order valence-electron chi connectivity index (χ4n) is 2.63. The molecule has 2 aromatic heterocycles. The van der Waals surface area contributed by atoms with Crippen molar-refractivity contribution >= 4 is 22.9 Å². The molecular weight excluding hydrogens is 344 g/mol. The number of nitrogens with zero attached hydrogens (tertiary/aromatic N) is 3. The van der Waals surface area contributed by atoms with Crippen molar-refractivity contribution in [3.8, 4) is 11.1 Å². The van der Waals surface area contributed by atoms with Crippen LogP contribution in [0.15, 0.2) is 48.1 Å². The van der Waals surface area contributed by atoms with Gasteiger partial charge >= 0.3 is 0 Å². The molecule has 2 heterocycles. The van der Waals surface area contributed by atoms with E-state index in [1.165, 1.54) is 0 Å². The predicted octanol–water partition coefficient (Wildman–Crippen LogP) is 4.18. The molecule has 0 saturated carbocycles. The van der Waals surface area contributed by atoms with Crippen molar-refractivity contribution in [3.05, 3.63) is 64.4 Å². The summed E-state index contributed by atoms with van der Waals surface area (Å²) in [5.74, 6) is 0.372. The van der Waals surface area contributed by atoms with Crippen molar-refractivity contribution in [2.24, 2.45) is 0 Å². The number of carbonyl (C=O) groups is 1. The molecule has 0 atom stereocenters. The standard InChI is InChI=1S/C20H22N4OS/c1-13(2)19-23-16(12-26-19)11-24(3)20(25)15-6-4-14(5-7-15)17-10-22-9-8-18(17)21/h4-10,12-13H,11H2,1-3H3,(H2,21,22). The predicted molar refractivity (Wildman–Crippen MR) is 106 cm³/mol. The summed E-state index contributed by atoms with van der Waals surface area (Å²) in [6.07, 6.45) is 3.39. The summed E-state index contributed by atoms with van der Waals surface area (Å²) in [4.78, 5) is 23.1. The maximum absolute atomic E-state index is 12.7. The summed E-state index contributed by atoms with van der Waals surface area (Å²) < 4.78 is 0. The largest absolute Gasteiger partial charge is 0.398 e. The highest BCUT2D eigenvalue weighted by molar-refractivity contribution is 7.09. The molecule has 26 heavy (non-hydrogen) atoms. The van der Waals surface area contributed by atoms with E-state index in [0.717, 1.165) is 21.8 Å². The summed E-state index contributed by atoms with van der Waals surface area (Å²) in [7, 11) is 1.80. The van der Waals surface area contributed by atoms with E-state index in [0.29, 0.717) is 23.7 Å². The van der Waals surface area contributed by atoms with Gasteiger partial charge in [-0.25, -0.2) is 4.98 Å². The molecule has 5 nitrogen and oxygen atoms in total. The van der Waals surface area contributed by atoms with Gasteiger partial charge in [0.05, 0.1) is 17.2 Å². The minimum absolute atomic E-state index is 0.0326. The highest BCUT2D eigenvalue weighted by Gasteiger charge is 2.15. The van der Waals surface area contributed by atoms with Gasteiger partial charge in [-0.15, -0.1) is 11.3 Å². The minimum atomic E-state index is -0.0326. The van der Waals surface area contributed by atoms with Crippen molar-refractivity contribution in [1.29, 1.82) is 0 Å². The number of amides is 1. The molecular formula is C20H22N4OS. The molecule has 0 saturated heterocycles. The normalized spacial score (nSPS) is 10.9. The maximum Gasteiger partial charge on any atom is 0.253 e. The van der Waals surface area contributed by atoms with Crippen LogP contribution < -0.4 is 5.73 Å². The Labute approximate surface area is 157 Å². The average Bonchev–Trinajstić information content (AvgIpc) is 3.10. The first-order chi connectivity index (χ1) is 12.5. The third kappa shape index (κ3) is 3.91. The molecule has 0 aliphatic heterocycles. The minimum Gasteiger partial charge on any atom is -0.398 e. The maximum atomic E-state index is 12.7. The SMILES string of the molecule is CC(C)c1nc(CN(C)C(=O)c2ccc(-c3cnccc3N)cc2)cs1. The van der Waals surface area contributed by atoms with Crippen LogP contribution >= 0.6 is 11.3 Å². The van der Waals surface area contributed by atoms with Crippen molar-refractivity contribution < 1.29 is 4.79 Å². The number of nitrogen functional groups attached to an aromatic ring is 1. The van der Waals surface area contributed by atoms with Crippen molar-refractivity contribution in [2.75, 3.05) is 12.8 Å². The van der Waals surface area contributed by atoms with E-state index in [-0.39, 0.29) is 5.91 Å². The Hall–Kier alpha value is -2.73. The summed E-state index contributed by atoms with van der Waals surface area (Å²) in [6, 6.07) is 9.20. The third-order valence-corrected chi connectivity index (χ3v) is 5.30. The van der Waals surface area contributed by atoms with Crippen LogP contribution in [-0.4, -0.2) is 27.8 Å². The average molecular weight is 366 g/mol. The first-order valence-corrected chi connectivity index (χ1v) is 9.33. The van der Waals surface area contributed by atoms with E-state index in [4.69, 9.17) is 5.73 Å². The van der Waals surface area contributed by atoms with Crippen LogP contribution in [0.1, 0.15) is 40.8 Å². The van der Waals surface area contributed by atoms with Crippen LogP contribution in [0.2, 0.25) is 0 Å². The Morgan fingerprint density at radius 2 is 1.96 bits per heavy atom. The molecule has 0 radical (unpaired) electrons. The lowest BCUT2D eigenvalue weighted by Gasteiger charge is -2.16. The van der Waals surface area contributed by atoms with E-state index in [1.807, 2.05) is 29.6 Å². The van der Waals surface area contributed by atoms with Gasteiger partial charge in [0.15, 0.2) is 0 Å². The topological polar surface area (TPSA) is 72.1 Å². The van der Waals surface area contributed by atoms with Crippen molar-refractivity contribution in [1.82, 2.24) is 14.9 Å². The van der Waals surface area contributed by atoms with Gasteiger partial charge in [0.1, 0.15) is 0 Å². The molecule has 0 aliphatic carbocycles. The second-order valence-corrected chi connectivity index (χ2v) is 7.42. The number of thiazole rings is 1. The molecule has 0 unspecified atom stereocenters. The van der Waals surface area contributed by atoms with Gasteiger partial charge in [0.25, 0.3) is 5.91 Å². The van der Waals surface area contributed by atoms with E-state index >= 15 is 0 Å². The molecule has 1 aromatic carbocycles. The highest BCUT2D eigenvalue weighted by atomic mass is 32.1. The lowest BCUT2D eigenvalue weighted by Crippen LogP contribution is -2.26. The summed E-state index contributed by atoms with van der Waals surface area (Å²) in [5.41, 5.74) is 10.0. The molecule has 0 aliphatic rings. The molecule has 1 amide bonds. The molecule has 2 N–H and O–H groups in total. The quantitative estimate of drug-likeness (QED) is 0.735. The Bertz CT molecular complexity index is 902. The van der Waals surface area contributed by atoms with Crippen LogP contribution in [0.25, 0.3) is 11.1 Å². The monoisotopic (exact) mass is 366 g/mol. The van der Waals surface area contributed by atoms with Crippen LogP contribution in [0.3, 0.4) is 0 Å². The number of hydrogen-bond donors (Lipinski definition) is 1. The Balaban J connectivity index is 1.72. The molecule has 6 heteroatoms. The highest BCUT2D eigenvalue weighted by Crippen LogP contribution is 2.25. The van der Waals surface area contributed by atoms with E-state index < -0.39 is 0 Å². The number of aromatic nitrogens is 2. The second-order valence-electron chi connectivity index (χ2n) is 6.53. The van der Waals surface area contributed by atoms with E-state index in [9.17, 15) is 4.79 Å². The molecule has 134 valence electrons. The van der Waals surface area contributed by atoms with Crippen LogP contribution in [0.4, 0.5) is 5.69 Å². The van der Waals surface area contributed by atoms with Gasteiger partial charge in [-0.1, -0.05) is 26.0 Å². The zero-order valence-electron chi connectivity index (χ0n) is 15.1. The lowest BCUT2D eigenvalue weighted by molar-refractivity contribution is 0.0783. The van der Waals surface area contributed by atoms with Gasteiger partial charge in [-0.3, -0.25) is 9.78 Å². The number of nitrogens with two attached hydrogens (primary N) is 1. The van der Waals surface area contributed by atoms with Gasteiger partial charge in [-0.2, -0.15) is 0 Å².